The molecule has 11 aromatic rings. The van der Waals surface area contributed by atoms with Crippen LogP contribution in [0.1, 0.15) is 22.9 Å². The number of furan rings is 1. The van der Waals surface area contributed by atoms with Crippen molar-refractivity contribution in [3.63, 3.8) is 0 Å². The van der Waals surface area contributed by atoms with Crippen LogP contribution in [-0.4, -0.2) is 28.2 Å². The van der Waals surface area contributed by atoms with Gasteiger partial charge in [-0.15, -0.1) is 0 Å². The maximum absolute atomic E-state index is 6.78. The van der Waals surface area contributed by atoms with Gasteiger partial charge in [-0.3, -0.25) is 0 Å². The van der Waals surface area contributed by atoms with Gasteiger partial charge >= 0.3 is 0 Å². The van der Waals surface area contributed by atoms with E-state index in [1.54, 1.807) is 0 Å². The Bertz CT molecular complexity index is 3480. The van der Waals surface area contributed by atoms with Crippen molar-refractivity contribution in [1.82, 2.24) is 9.47 Å². The number of fused-ring (bicyclic) bond motifs is 11. The Morgan fingerprint density at radius 1 is 0.509 bits per heavy atom. The van der Waals surface area contributed by atoms with Crippen molar-refractivity contribution in [2.45, 2.75) is 6.17 Å². The normalized spacial score (nSPS) is 14.8. The second kappa shape index (κ2) is 12.3. The third-order valence-electron chi connectivity index (χ3n) is 11.8. The summed E-state index contributed by atoms with van der Waals surface area (Å²) in [5, 5.41) is 11.8. The summed E-state index contributed by atoms with van der Waals surface area (Å²) in [6.07, 6.45) is -0.280. The minimum atomic E-state index is -0.280. The molecule has 0 radical (unpaired) electrons. The monoisotopic (exact) mass is 730 g/mol. The molecule has 0 N–H and O–H groups in total. The number of aromatic nitrogens is 1. The van der Waals surface area contributed by atoms with Crippen LogP contribution in [0.2, 0.25) is 0 Å². The van der Waals surface area contributed by atoms with Gasteiger partial charge in [-0.25, -0.2) is 9.98 Å². The SMILES string of the molecule is CN1C(c2ccccc2)=NC(c2cc3cc(-n4c5cc6ccccc6cc5c5c6ccccc6ccc54)ccc3c3c2oc2ccccc23)=NC1c1ccccc1. The number of amidine groups is 2. The van der Waals surface area contributed by atoms with Crippen LogP contribution in [0.25, 0.3) is 81.7 Å². The largest absolute Gasteiger partial charge is 0.455 e. The van der Waals surface area contributed by atoms with Gasteiger partial charge in [0.2, 0.25) is 0 Å². The van der Waals surface area contributed by atoms with Crippen LogP contribution in [-0.2, 0) is 0 Å². The van der Waals surface area contributed by atoms with Crippen LogP contribution in [0.3, 0.4) is 0 Å². The molecule has 57 heavy (non-hydrogen) atoms. The van der Waals surface area contributed by atoms with Gasteiger partial charge in [-0.2, -0.15) is 0 Å². The fourth-order valence-corrected chi connectivity index (χ4v) is 9.11. The third kappa shape index (κ3) is 4.82. The Labute approximate surface area is 328 Å². The fraction of sp³-hybridized carbons (Fsp3) is 0.0385. The molecule has 0 amide bonds. The van der Waals surface area contributed by atoms with Gasteiger partial charge in [0.05, 0.1) is 16.6 Å². The number of rotatable bonds is 4. The van der Waals surface area contributed by atoms with Gasteiger partial charge in [0.15, 0.2) is 5.84 Å². The minimum Gasteiger partial charge on any atom is -0.455 e. The topological polar surface area (TPSA) is 46.0 Å². The summed E-state index contributed by atoms with van der Waals surface area (Å²) >= 11 is 0. The lowest BCUT2D eigenvalue weighted by Crippen LogP contribution is -2.35. The van der Waals surface area contributed by atoms with E-state index in [4.69, 9.17) is 14.4 Å². The summed E-state index contributed by atoms with van der Waals surface area (Å²) in [5.74, 6) is 1.50. The first-order chi connectivity index (χ1) is 28.2. The average Bonchev–Trinajstić information content (AvgIpc) is 3.82. The molecule has 1 aliphatic heterocycles. The Hall–Kier alpha value is -7.50. The highest BCUT2D eigenvalue weighted by atomic mass is 16.3. The van der Waals surface area contributed by atoms with Gasteiger partial charge in [0.25, 0.3) is 0 Å². The lowest BCUT2D eigenvalue weighted by atomic mass is 9.98. The van der Waals surface area contributed by atoms with Crippen molar-refractivity contribution >= 4 is 87.7 Å². The number of hydrogen-bond acceptors (Lipinski definition) is 4. The van der Waals surface area contributed by atoms with Crippen molar-refractivity contribution in [3.8, 4) is 5.69 Å². The molecule has 9 aromatic carbocycles. The van der Waals surface area contributed by atoms with Gasteiger partial charge in [0.1, 0.15) is 23.2 Å². The van der Waals surface area contributed by atoms with Crippen molar-refractivity contribution in [2.24, 2.45) is 9.98 Å². The molecule has 0 bridgehead atoms. The molecule has 1 unspecified atom stereocenters. The Kier molecular flexibility index (Phi) is 6.84. The van der Waals surface area contributed by atoms with Gasteiger partial charge < -0.3 is 13.9 Å². The standard InChI is InChI=1S/C52H34N4O/c1-55-51(33-15-4-2-5-16-33)53-50(54-52(55)34-17-6-3-7-18-34)43-30-37-28-38(25-26-40(37)48-41-22-12-13-23-46(41)57-49(43)48)56-44-27-24-32-14-10-11-21-39(32)47(44)42-29-35-19-8-9-20-36(35)31-45(42)56/h2-31,51H,1H3. The second-order valence-electron chi connectivity index (χ2n) is 15.0. The van der Waals surface area contributed by atoms with Crippen molar-refractivity contribution in [2.75, 3.05) is 7.05 Å². The van der Waals surface area contributed by atoms with E-state index >= 15 is 0 Å². The molecule has 0 spiro atoms. The van der Waals surface area contributed by atoms with E-state index in [1.807, 2.05) is 24.3 Å². The maximum Gasteiger partial charge on any atom is 0.163 e. The maximum atomic E-state index is 6.78. The number of para-hydroxylation sites is 1. The molecule has 5 nitrogen and oxygen atoms in total. The molecule has 0 saturated heterocycles. The summed E-state index contributed by atoms with van der Waals surface area (Å²) in [7, 11) is 2.07. The fourth-order valence-electron chi connectivity index (χ4n) is 9.11. The number of benzene rings is 9. The van der Waals surface area contributed by atoms with Crippen LogP contribution in [0.4, 0.5) is 0 Å². The van der Waals surface area contributed by atoms with E-state index in [1.165, 1.54) is 43.4 Å². The predicted octanol–water partition coefficient (Wildman–Crippen LogP) is 13.0. The smallest absolute Gasteiger partial charge is 0.163 e. The summed E-state index contributed by atoms with van der Waals surface area (Å²) < 4.78 is 9.22. The average molecular weight is 731 g/mol. The van der Waals surface area contributed by atoms with Crippen LogP contribution < -0.4 is 0 Å². The minimum absolute atomic E-state index is 0.280. The number of aliphatic imine (C=N–C) groups is 2. The lowest BCUT2D eigenvalue weighted by molar-refractivity contribution is 0.383. The van der Waals surface area contributed by atoms with E-state index in [0.29, 0.717) is 5.84 Å². The zero-order valence-corrected chi connectivity index (χ0v) is 31.1. The molecule has 1 aliphatic rings. The Balaban J connectivity index is 1.16. The third-order valence-corrected chi connectivity index (χ3v) is 11.8. The molecule has 268 valence electrons. The molecule has 1 atom stereocenters. The van der Waals surface area contributed by atoms with E-state index in [9.17, 15) is 0 Å². The summed E-state index contributed by atoms with van der Waals surface area (Å²) in [5.41, 5.74) is 8.07. The van der Waals surface area contributed by atoms with E-state index in [0.717, 1.165) is 60.9 Å². The number of nitrogens with zero attached hydrogens (tertiary/aromatic N) is 4. The zero-order chi connectivity index (χ0) is 37.6. The zero-order valence-electron chi connectivity index (χ0n) is 31.1. The van der Waals surface area contributed by atoms with Crippen LogP contribution in [0, 0.1) is 0 Å². The summed E-state index contributed by atoms with van der Waals surface area (Å²) in [6, 6.07) is 64.9. The molecule has 12 rings (SSSR count). The van der Waals surface area contributed by atoms with Gasteiger partial charge in [0, 0.05) is 39.8 Å². The summed E-state index contributed by atoms with van der Waals surface area (Å²) in [4.78, 5) is 12.9. The molecule has 2 aromatic heterocycles. The van der Waals surface area contributed by atoms with Gasteiger partial charge in [-0.1, -0.05) is 140 Å². The molecular formula is C52H34N4O. The van der Waals surface area contributed by atoms with Gasteiger partial charge in [-0.05, 0) is 80.3 Å². The second-order valence-corrected chi connectivity index (χ2v) is 15.0. The molecular weight excluding hydrogens is 697 g/mol. The van der Waals surface area contributed by atoms with Crippen molar-refractivity contribution in [1.29, 1.82) is 0 Å². The first-order valence-corrected chi connectivity index (χ1v) is 19.4. The number of hydrogen-bond donors (Lipinski definition) is 0. The lowest BCUT2D eigenvalue weighted by Gasteiger charge is -2.32. The highest BCUT2D eigenvalue weighted by Gasteiger charge is 2.29. The van der Waals surface area contributed by atoms with E-state index in [2.05, 4.69) is 174 Å². The molecule has 3 heterocycles. The predicted molar refractivity (Wildman–Crippen MR) is 237 cm³/mol. The van der Waals surface area contributed by atoms with Crippen molar-refractivity contribution < 1.29 is 4.42 Å². The molecule has 0 fully saturated rings. The molecule has 0 aliphatic carbocycles. The molecule has 0 saturated carbocycles. The summed E-state index contributed by atoms with van der Waals surface area (Å²) in [6.45, 7) is 0. The van der Waals surface area contributed by atoms with E-state index < -0.39 is 0 Å². The van der Waals surface area contributed by atoms with Crippen LogP contribution in [0.5, 0.6) is 0 Å². The van der Waals surface area contributed by atoms with Crippen LogP contribution in [0.15, 0.2) is 196 Å². The highest BCUT2D eigenvalue weighted by Crippen LogP contribution is 2.42. The Morgan fingerprint density at radius 2 is 1.19 bits per heavy atom. The highest BCUT2D eigenvalue weighted by molar-refractivity contribution is 6.27. The quantitative estimate of drug-likeness (QED) is 0.181. The van der Waals surface area contributed by atoms with E-state index in [-0.39, 0.29) is 6.17 Å². The van der Waals surface area contributed by atoms with Crippen LogP contribution >= 0.6 is 0 Å². The van der Waals surface area contributed by atoms with Crippen molar-refractivity contribution in [3.05, 3.63) is 199 Å². The molecule has 5 heteroatoms. The first-order valence-electron chi connectivity index (χ1n) is 19.4. The first kappa shape index (κ1) is 31.8. The Morgan fingerprint density at radius 3 is 2.02 bits per heavy atom.